The minimum Gasteiger partial charge on any atom is -0.334 e. The topological polar surface area (TPSA) is 68.1 Å². The van der Waals surface area contributed by atoms with Crippen LogP contribution in [0.2, 0.25) is 0 Å². The van der Waals surface area contributed by atoms with E-state index < -0.39 is 5.82 Å². The number of amides is 1. The Morgan fingerprint density at radius 2 is 2.17 bits per heavy atom. The van der Waals surface area contributed by atoms with Crippen LogP contribution in [-0.2, 0) is 7.05 Å². The average molecular weight is 316 g/mol. The number of halogens is 1. The van der Waals surface area contributed by atoms with E-state index in [-0.39, 0.29) is 29.8 Å². The van der Waals surface area contributed by atoms with Crippen LogP contribution in [0.3, 0.4) is 0 Å². The summed E-state index contributed by atoms with van der Waals surface area (Å²) in [6, 6.07) is 2.43. The molecule has 0 bridgehead atoms. The van der Waals surface area contributed by atoms with Crippen LogP contribution in [0.25, 0.3) is 0 Å². The van der Waals surface area contributed by atoms with Crippen molar-refractivity contribution < 1.29 is 14.0 Å². The Bertz CT molecular complexity index is 726. The minimum absolute atomic E-state index is 0.0325. The fourth-order valence-corrected chi connectivity index (χ4v) is 2.86. The predicted molar refractivity (Wildman–Crippen MR) is 80.4 cm³/mol. The fraction of sp³-hybridized carbons (Fsp3) is 0.375. The van der Waals surface area contributed by atoms with Crippen molar-refractivity contribution in [1.29, 1.82) is 0 Å². The quantitative estimate of drug-likeness (QED) is 0.807. The molecule has 120 valence electrons. The molecule has 6 nitrogen and oxygen atoms in total. The molecule has 3 heterocycles. The molecule has 2 aromatic rings. The molecule has 1 fully saturated rings. The van der Waals surface area contributed by atoms with E-state index in [0.717, 1.165) is 19.0 Å². The highest BCUT2D eigenvalue weighted by Gasteiger charge is 2.32. The third kappa shape index (κ3) is 3.28. The van der Waals surface area contributed by atoms with Gasteiger partial charge in [-0.15, -0.1) is 0 Å². The third-order valence-corrected chi connectivity index (χ3v) is 4.03. The van der Waals surface area contributed by atoms with Crippen molar-refractivity contribution in [3.8, 4) is 0 Å². The van der Waals surface area contributed by atoms with E-state index in [0.29, 0.717) is 12.1 Å². The summed E-state index contributed by atoms with van der Waals surface area (Å²) in [6.07, 6.45) is 6.12. The summed E-state index contributed by atoms with van der Waals surface area (Å²) in [7, 11) is 1.75. The second-order valence-electron chi connectivity index (χ2n) is 5.69. The molecule has 1 saturated heterocycles. The van der Waals surface area contributed by atoms with Gasteiger partial charge in [0.05, 0.1) is 18.0 Å². The standard InChI is InChI=1S/C16H17FN4O2/c1-20-10-11(8-19-20)15(22)7-13-3-2-6-21(13)16(23)14-5-4-12(17)9-18-14/h4-5,8-10,13H,2-3,6-7H2,1H3/t13-/m0/s1. The van der Waals surface area contributed by atoms with E-state index in [1.807, 2.05) is 0 Å². The smallest absolute Gasteiger partial charge is 0.272 e. The fourth-order valence-electron chi connectivity index (χ4n) is 2.86. The summed E-state index contributed by atoms with van der Waals surface area (Å²) >= 11 is 0. The van der Waals surface area contributed by atoms with Gasteiger partial charge < -0.3 is 4.90 Å². The Morgan fingerprint density at radius 1 is 1.35 bits per heavy atom. The number of likely N-dealkylation sites (tertiary alicyclic amines) is 1. The Hall–Kier alpha value is -2.57. The molecule has 7 heteroatoms. The van der Waals surface area contributed by atoms with Crippen molar-refractivity contribution in [2.45, 2.75) is 25.3 Å². The highest BCUT2D eigenvalue weighted by atomic mass is 19.1. The van der Waals surface area contributed by atoms with E-state index in [2.05, 4.69) is 10.1 Å². The lowest BCUT2D eigenvalue weighted by Gasteiger charge is -2.23. The number of nitrogens with zero attached hydrogens (tertiary/aromatic N) is 4. The molecule has 0 radical (unpaired) electrons. The normalized spacial score (nSPS) is 17.5. The summed E-state index contributed by atoms with van der Waals surface area (Å²) < 4.78 is 14.5. The number of ketones is 1. The number of hydrogen-bond acceptors (Lipinski definition) is 4. The number of pyridine rings is 1. The lowest BCUT2D eigenvalue weighted by atomic mass is 10.0. The monoisotopic (exact) mass is 316 g/mol. The molecule has 23 heavy (non-hydrogen) atoms. The van der Waals surface area contributed by atoms with Gasteiger partial charge in [0.15, 0.2) is 5.78 Å². The van der Waals surface area contributed by atoms with Crippen LogP contribution in [0, 0.1) is 5.82 Å². The van der Waals surface area contributed by atoms with Crippen LogP contribution in [0.5, 0.6) is 0 Å². The summed E-state index contributed by atoms with van der Waals surface area (Å²) in [4.78, 5) is 30.3. The summed E-state index contributed by atoms with van der Waals surface area (Å²) in [5.41, 5.74) is 0.749. The number of aryl methyl sites for hydroxylation is 1. The number of carbonyl (C=O) groups is 2. The van der Waals surface area contributed by atoms with E-state index in [4.69, 9.17) is 0 Å². The van der Waals surface area contributed by atoms with Crippen LogP contribution >= 0.6 is 0 Å². The van der Waals surface area contributed by atoms with Gasteiger partial charge in [-0.25, -0.2) is 9.37 Å². The largest absolute Gasteiger partial charge is 0.334 e. The number of rotatable bonds is 4. The third-order valence-electron chi connectivity index (χ3n) is 4.03. The van der Waals surface area contributed by atoms with E-state index >= 15 is 0 Å². The van der Waals surface area contributed by atoms with Gasteiger partial charge in [0, 0.05) is 32.3 Å². The van der Waals surface area contributed by atoms with E-state index in [1.54, 1.807) is 22.8 Å². The predicted octanol–water partition coefficient (Wildman–Crippen LogP) is 1.83. The summed E-state index contributed by atoms with van der Waals surface area (Å²) in [6.45, 7) is 0.586. The molecular weight excluding hydrogens is 299 g/mol. The highest BCUT2D eigenvalue weighted by Crippen LogP contribution is 2.23. The van der Waals surface area contributed by atoms with E-state index in [1.165, 1.54) is 18.3 Å². The SMILES string of the molecule is Cn1cc(C(=O)C[C@@H]2CCCN2C(=O)c2ccc(F)cn2)cn1. The van der Waals surface area contributed by atoms with E-state index in [9.17, 15) is 14.0 Å². The van der Waals surface area contributed by atoms with Gasteiger partial charge in [-0.2, -0.15) is 5.10 Å². The first kappa shape index (κ1) is 15.3. The number of Topliss-reactive ketones (excluding diaryl/α,β-unsaturated/α-hetero) is 1. The second-order valence-corrected chi connectivity index (χ2v) is 5.69. The van der Waals surface area contributed by atoms with Gasteiger partial charge >= 0.3 is 0 Å². The van der Waals surface area contributed by atoms with Crippen LogP contribution in [-0.4, -0.2) is 43.9 Å². The number of aromatic nitrogens is 3. The molecule has 1 amide bonds. The highest BCUT2D eigenvalue weighted by molar-refractivity contribution is 5.97. The molecule has 0 N–H and O–H groups in total. The molecule has 1 aliphatic rings. The molecule has 0 saturated carbocycles. The zero-order valence-electron chi connectivity index (χ0n) is 12.8. The van der Waals surface area contributed by atoms with Crippen LogP contribution in [0.4, 0.5) is 4.39 Å². The molecule has 2 aromatic heterocycles. The Balaban J connectivity index is 1.71. The van der Waals surface area contributed by atoms with Gasteiger partial charge in [-0.05, 0) is 25.0 Å². The molecule has 1 atom stereocenters. The van der Waals surface area contributed by atoms with Crippen molar-refractivity contribution in [3.05, 3.63) is 47.8 Å². The maximum absolute atomic E-state index is 12.9. The maximum atomic E-state index is 12.9. The minimum atomic E-state index is -0.480. The van der Waals surface area contributed by atoms with Crippen molar-refractivity contribution in [1.82, 2.24) is 19.7 Å². The first-order valence-electron chi connectivity index (χ1n) is 7.49. The molecule has 0 aliphatic carbocycles. The Kier molecular flexibility index (Phi) is 4.18. The summed E-state index contributed by atoms with van der Waals surface area (Å²) in [5.74, 6) is -0.771. The lowest BCUT2D eigenvalue weighted by molar-refractivity contribution is 0.0711. The molecular formula is C16H17FN4O2. The van der Waals surface area contributed by atoms with Crippen molar-refractivity contribution in [2.75, 3.05) is 6.54 Å². The number of hydrogen-bond donors (Lipinski definition) is 0. The lowest BCUT2D eigenvalue weighted by Crippen LogP contribution is -2.37. The second kappa shape index (κ2) is 6.28. The molecule has 1 aliphatic heterocycles. The molecule has 0 unspecified atom stereocenters. The maximum Gasteiger partial charge on any atom is 0.272 e. The molecule has 3 rings (SSSR count). The first-order chi connectivity index (χ1) is 11.0. The van der Waals surface area contributed by atoms with Crippen LogP contribution in [0.15, 0.2) is 30.7 Å². The zero-order valence-corrected chi connectivity index (χ0v) is 12.8. The van der Waals surface area contributed by atoms with Gasteiger partial charge in [0.25, 0.3) is 5.91 Å². The average Bonchev–Trinajstić information content (AvgIpc) is 3.16. The Morgan fingerprint density at radius 3 is 2.83 bits per heavy atom. The van der Waals surface area contributed by atoms with Gasteiger partial charge in [-0.1, -0.05) is 0 Å². The summed E-state index contributed by atoms with van der Waals surface area (Å²) in [5, 5.41) is 3.99. The Labute approximate surface area is 132 Å². The number of carbonyl (C=O) groups excluding carboxylic acids is 2. The molecule has 0 aromatic carbocycles. The van der Waals surface area contributed by atoms with Crippen LogP contribution < -0.4 is 0 Å². The van der Waals surface area contributed by atoms with Crippen LogP contribution in [0.1, 0.15) is 40.1 Å². The van der Waals surface area contributed by atoms with Gasteiger partial charge in [-0.3, -0.25) is 14.3 Å². The zero-order chi connectivity index (χ0) is 16.4. The molecule has 0 spiro atoms. The van der Waals surface area contributed by atoms with Gasteiger partial charge in [0.2, 0.25) is 0 Å². The van der Waals surface area contributed by atoms with Gasteiger partial charge in [0.1, 0.15) is 11.5 Å². The first-order valence-corrected chi connectivity index (χ1v) is 7.49. The van der Waals surface area contributed by atoms with Crippen molar-refractivity contribution in [2.24, 2.45) is 7.05 Å². The van der Waals surface area contributed by atoms with Crippen molar-refractivity contribution in [3.63, 3.8) is 0 Å². The van der Waals surface area contributed by atoms with Crippen molar-refractivity contribution >= 4 is 11.7 Å².